The van der Waals surface area contributed by atoms with Crippen LogP contribution in [0, 0.1) is 0 Å². The molecular weight excluding hydrogens is 332 g/mol. The normalized spacial score (nSPS) is 10.8. The van der Waals surface area contributed by atoms with Crippen molar-refractivity contribution in [3.63, 3.8) is 0 Å². The number of fused-ring (bicyclic) bond motifs is 1. The van der Waals surface area contributed by atoms with Crippen LogP contribution in [0.1, 0.15) is 32.6 Å². The van der Waals surface area contributed by atoms with Gasteiger partial charge in [0, 0.05) is 12.0 Å². The topological polar surface area (TPSA) is 37.3 Å². The zero-order chi connectivity index (χ0) is 18.6. The SMILES string of the molecule is O=Cc1ccc(Cc2ccc(O)c(Cc3ccc4ccccc4c3)c2)cc1. The number of benzene rings is 4. The molecule has 0 aromatic heterocycles. The van der Waals surface area contributed by atoms with Crippen molar-refractivity contribution in [3.05, 3.63) is 113 Å². The molecule has 0 atom stereocenters. The Hall–Kier alpha value is -3.39. The van der Waals surface area contributed by atoms with Gasteiger partial charge in [-0.15, -0.1) is 0 Å². The molecule has 0 radical (unpaired) electrons. The van der Waals surface area contributed by atoms with Crippen LogP contribution in [0.4, 0.5) is 0 Å². The van der Waals surface area contributed by atoms with Gasteiger partial charge in [-0.1, -0.05) is 78.9 Å². The maximum atomic E-state index is 10.8. The quantitative estimate of drug-likeness (QED) is 0.479. The molecule has 4 aromatic rings. The Morgan fingerprint density at radius 2 is 1.33 bits per heavy atom. The minimum Gasteiger partial charge on any atom is -0.508 e. The van der Waals surface area contributed by atoms with Crippen LogP contribution in [0.25, 0.3) is 10.8 Å². The highest BCUT2D eigenvalue weighted by atomic mass is 16.3. The van der Waals surface area contributed by atoms with E-state index in [-0.39, 0.29) is 0 Å². The highest BCUT2D eigenvalue weighted by molar-refractivity contribution is 5.83. The van der Waals surface area contributed by atoms with Crippen LogP contribution < -0.4 is 0 Å². The van der Waals surface area contributed by atoms with Crippen molar-refractivity contribution < 1.29 is 9.90 Å². The summed E-state index contributed by atoms with van der Waals surface area (Å²) in [5, 5.41) is 12.7. The Balaban J connectivity index is 1.58. The monoisotopic (exact) mass is 352 g/mol. The second-order valence-electron chi connectivity index (χ2n) is 6.86. The van der Waals surface area contributed by atoms with Gasteiger partial charge in [0.05, 0.1) is 0 Å². The van der Waals surface area contributed by atoms with Crippen molar-refractivity contribution >= 4 is 17.1 Å². The smallest absolute Gasteiger partial charge is 0.150 e. The van der Waals surface area contributed by atoms with Crippen LogP contribution in [0.5, 0.6) is 5.75 Å². The number of hydrogen-bond donors (Lipinski definition) is 1. The van der Waals surface area contributed by atoms with Gasteiger partial charge in [-0.3, -0.25) is 4.79 Å². The third kappa shape index (κ3) is 3.90. The van der Waals surface area contributed by atoms with E-state index in [1.165, 1.54) is 16.3 Å². The number of rotatable bonds is 5. The van der Waals surface area contributed by atoms with Gasteiger partial charge in [0.1, 0.15) is 12.0 Å². The van der Waals surface area contributed by atoms with Crippen LogP contribution in [0.2, 0.25) is 0 Å². The van der Waals surface area contributed by atoms with E-state index in [9.17, 15) is 9.90 Å². The number of carbonyl (C=O) groups excluding carboxylic acids is 1. The predicted molar refractivity (Wildman–Crippen MR) is 109 cm³/mol. The number of carbonyl (C=O) groups is 1. The first-order chi connectivity index (χ1) is 13.2. The summed E-state index contributed by atoms with van der Waals surface area (Å²) < 4.78 is 0. The average molecular weight is 352 g/mol. The van der Waals surface area contributed by atoms with E-state index in [4.69, 9.17) is 0 Å². The number of phenols is 1. The summed E-state index contributed by atoms with van der Waals surface area (Å²) in [6, 6.07) is 28.1. The standard InChI is InChI=1S/C25H20O2/c26-17-19-7-5-18(6-8-19)13-20-10-12-25(27)24(15-20)16-21-9-11-22-3-1-2-4-23(22)14-21/h1-12,14-15,17,27H,13,16H2. The first-order valence-corrected chi connectivity index (χ1v) is 9.04. The van der Waals surface area contributed by atoms with Gasteiger partial charge in [-0.05, 0) is 45.5 Å². The van der Waals surface area contributed by atoms with Crippen molar-refractivity contribution in [1.82, 2.24) is 0 Å². The summed E-state index contributed by atoms with van der Waals surface area (Å²) in [5.74, 6) is 0.322. The number of phenolic OH excluding ortho intramolecular Hbond substituents is 1. The van der Waals surface area contributed by atoms with E-state index in [0.29, 0.717) is 17.7 Å². The molecule has 0 aliphatic carbocycles. The summed E-state index contributed by atoms with van der Waals surface area (Å²) in [7, 11) is 0. The predicted octanol–water partition coefficient (Wildman–Crippen LogP) is 5.54. The molecule has 0 amide bonds. The van der Waals surface area contributed by atoms with Gasteiger partial charge >= 0.3 is 0 Å². The van der Waals surface area contributed by atoms with Crippen LogP contribution in [0.3, 0.4) is 0 Å². The summed E-state index contributed by atoms with van der Waals surface area (Å²) >= 11 is 0. The van der Waals surface area contributed by atoms with Crippen molar-refractivity contribution in [2.24, 2.45) is 0 Å². The van der Waals surface area contributed by atoms with Gasteiger partial charge in [0.25, 0.3) is 0 Å². The summed E-state index contributed by atoms with van der Waals surface area (Å²) in [6.07, 6.45) is 2.31. The summed E-state index contributed by atoms with van der Waals surface area (Å²) in [6.45, 7) is 0. The fraction of sp³-hybridized carbons (Fsp3) is 0.0800. The molecule has 4 rings (SSSR count). The zero-order valence-corrected chi connectivity index (χ0v) is 14.9. The molecule has 0 fully saturated rings. The Bertz CT molecular complexity index is 1090. The lowest BCUT2D eigenvalue weighted by Gasteiger charge is -2.10. The van der Waals surface area contributed by atoms with E-state index in [0.717, 1.165) is 29.4 Å². The van der Waals surface area contributed by atoms with Gasteiger partial charge < -0.3 is 5.11 Å². The Morgan fingerprint density at radius 1 is 0.667 bits per heavy atom. The molecule has 0 unspecified atom stereocenters. The third-order valence-electron chi connectivity index (χ3n) is 4.88. The van der Waals surface area contributed by atoms with Gasteiger partial charge in [0.2, 0.25) is 0 Å². The van der Waals surface area contributed by atoms with E-state index < -0.39 is 0 Å². The number of hydrogen-bond acceptors (Lipinski definition) is 2. The van der Waals surface area contributed by atoms with Crippen LogP contribution in [0.15, 0.2) is 84.9 Å². The van der Waals surface area contributed by atoms with E-state index in [2.05, 4.69) is 36.4 Å². The summed E-state index contributed by atoms with van der Waals surface area (Å²) in [4.78, 5) is 10.8. The van der Waals surface area contributed by atoms with Gasteiger partial charge in [0.15, 0.2) is 0 Å². The van der Waals surface area contributed by atoms with Crippen molar-refractivity contribution in [1.29, 1.82) is 0 Å². The van der Waals surface area contributed by atoms with Crippen LogP contribution >= 0.6 is 0 Å². The van der Waals surface area contributed by atoms with E-state index in [1.54, 1.807) is 6.07 Å². The Kier molecular flexibility index (Phi) is 4.71. The Labute approximate surface area is 158 Å². The molecule has 4 aromatic carbocycles. The first-order valence-electron chi connectivity index (χ1n) is 9.04. The van der Waals surface area contributed by atoms with E-state index in [1.807, 2.05) is 42.5 Å². The molecule has 0 saturated heterocycles. The lowest BCUT2D eigenvalue weighted by atomic mass is 9.97. The molecule has 0 saturated carbocycles. The average Bonchev–Trinajstić information content (AvgIpc) is 2.71. The van der Waals surface area contributed by atoms with Crippen molar-refractivity contribution in [2.45, 2.75) is 12.8 Å². The largest absolute Gasteiger partial charge is 0.508 e. The van der Waals surface area contributed by atoms with Gasteiger partial charge in [-0.2, -0.15) is 0 Å². The molecular formula is C25H20O2. The highest BCUT2D eigenvalue weighted by Crippen LogP contribution is 2.25. The molecule has 0 aliphatic heterocycles. The molecule has 0 bridgehead atoms. The fourth-order valence-electron chi connectivity index (χ4n) is 3.41. The minimum absolute atomic E-state index is 0.322. The molecule has 27 heavy (non-hydrogen) atoms. The second kappa shape index (κ2) is 7.46. The summed E-state index contributed by atoms with van der Waals surface area (Å²) in [5.41, 5.74) is 5.07. The van der Waals surface area contributed by atoms with Gasteiger partial charge in [-0.25, -0.2) is 0 Å². The lowest BCUT2D eigenvalue weighted by molar-refractivity contribution is 0.112. The van der Waals surface area contributed by atoms with Crippen LogP contribution in [-0.2, 0) is 12.8 Å². The Morgan fingerprint density at radius 3 is 2.11 bits per heavy atom. The maximum Gasteiger partial charge on any atom is 0.150 e. The molecule has 2 heteroatoms. The molecule has 0 spiro atoms. The minimum atomic E-state index is 0.322. The zero-order valence-electron chi connectivity index (χ0n) is 14.9. The number of aldehydes is 1. The van der Waals surface area contributed by atoms with Crippen LogP contribution in [-0.4, -0.2) is 11.4 Å². The first kappa shape index (κ1) is 17.0. The maximum absolute atomic E-state index is 10.8. The number of aromatic hydroxyl groups is 1. The second-order valence-corrected chi connectivity index (χ2v) is 6.86. The van der Waals surface area contributed by atoms with Crippen molar-refractivity contribution in [2.75, 3.05) is 0 Å². The molecule has 1 N–H and O–H groups in total. The lowest BCUT2D eigenvalue weighted by Crippen LogP contribution is -1.94. The molecule has 0 aliphatic rings. The molecule has 2 nitrogen and oxygen atoms in total. The molecule has 132 valence electrons. The van der Waals surface area contributed by atoms with Crippen molar-refractivity contribution in [3.8, 4) is 5.75 Å². The van der Waals surface area contributed by atoms with E-state index >= 15 is 0 Å². The third-order valence-corrected chi connectivity index (χ3v) is 4.88. The molecule has 0 heterocycles. The fourth-order valence-corrected chi connectivity index (χ4v) is 3.41. The highest BCUT2D eigenvalue weighted by Gasteiger charge is 2.06.